The molecular formula is C27H52. The van der Waals surface area contributed by atoms with E-state index in [0.29, 0.717) is 0 Å². The van der Waals surface area contributed by atoms with Crippen molar-refractivity contribution in [3.8, 4) is 0 Å². The van der Waals surface area contributed by atoms with Crippen molar-refractivity contribution in [2.45, 2.75) is 136 Å². The molecule has 0 heteroatoms. The molecule has 0 nitrogen and oxygen atoms in total. The largest absolute Gasteiger partial charge is 0.0885 e. The van der Waals surface area contributed by atoms with E-state index in [1.54, 1.807) is 0 Å². The molecule has 0 aromatic carbocycles. The Balaban J connectivity index is 3.31. The van der Waals surface area contributed by atoms with Gasteiger partial charge in [-0.25, -0.2) is 0 Å². The average molecular weight is 377 g/mol. The highest BCUT2D eigenvalue weighted by atomic mass is 14.2. The Kier molecular flexibility index (Phi) is 21.8. The maximum atomic E-state index is 3.99. The minimum Gasteiger partial charge on any atom is -0.0885 e. The van der Waals surface area contributed by atoms with E-state index in [-0.39, 0.29) is 0 Å². The van der Waals surface area contributed by atoms with Crippen LogP contribution in [0.3, 0.4) is 0 Å². The van der Waals surface area contributed by atoms with Crippen LogP contribution in [0.15, 0.2) is 12.2 Å². The van der Waals surface area contributed by atoms with E-state index in [0.717, 1.165) is 24.7 Å². The van der Waals surface area contributed by atoms with Gasteiger partial charge in [0.2, 0.25) is 0 Å². The van der Waals surface area contributed by atoms with Gasteiger partial charge in [-0.2, -0.15) is 0 Å². The summed E-state index contributed by atoms with van der Waals surface area (Å²) in [6, 6.07) is 0. The molecule has 1 unspecified atom stereocenters. The van der Waals surface area contributed by atoms with Crippen molar-refractivity contribution in [1.29, 1.82) is 0 Å². The van der Waals surface area contributed by atoms with E-state index in [1.807, 2.05) is 0 Å². The summed E-state index contributed by atoms with van der Waals surface area (Å²) >= 11 is 0. The third kappa shape index (κ3) is 20.3. The fourth-order valence-electron chi connectivity index (χ4n) is 3.98. The summed E-state index contributed by atoms with van der Waals surface area (Å²) in [6.45, 7) is 12.7. The second-order valence-corrected chi connectivity index (χ2v) is 8.93. The van der Waals surface area contributed by atoms with E-state index in [1.165, 1.54) is 109 Å². The fraction of sp³-hybridized carbons (Fsp3) is 0.852. The lowest BCUT2D eigenvalue weighted by Crippen LogP contribution is -2.08. The van der Waals surface area contributed by atoms with Gasteiger partial charge in [-0.15, -0.1) is 0 Å². The molecule has 0 aromatic heterocycles. The molecule has 2 radical (unpaired) electrons. The minimum atomic E-state index is 0.843. The Hall–Kier alpha value is -0.260. The van der Waals surface area contributed by atoms with Gasteiger partial charge in [-0.1, -0.05) is 136 Å². The number of allylic oxidation sites excluding steroid dienone is 2. The zero-order valence-electron chi connectivity index (χ0n) is 19.2. The van der Waals surface area contributed by atoms with Crippen LogP contribution < -0.4 is 0 Å². The fourth-order valence-corrected chi connectivity index (χ4v) is 3.98. The molecule has 1 atom stereocenters. The van der Waals surface area contributed by atoms with Crippen molar-refractivity contribution in [3.63, 3.8) is 0 Å². The molecule has 0 bridgehead atoms. The highest BCUT2D eigenvalue weighted by molar-refractivity contribution is 4.81. The molecular weight excluding hydrogens is 324 g/mol. The highest BCUT2D eigenvalue weighted by Gasteiger charge is 2.11. The standard InChI is InChI=1S/C27H52/c1-5-7-9-10-11-12-13-14-15-16-17-18-19-20-21-22-23-25-27(26(3)4)24-8-6-2/h18-19,26-27H,1-2,5-17,20-25H2,3-4H3. The first-order valence-electron chi connectivity index (χ1n) is 12.5. The van der Waals surface area contributed by atoms with Crippen molar-refractivity contribution in [3.05, 3.63) is 26.0 Å². The molecule has 0 amide bonds. The molecule has 160 valence electrons. The molecule has 0 spiro atoms. The maximum absolute atomic E-state index is 3.99. The lowest BCUT2D eigenvalue weighted by molar-refractivity contribution is 0.318. The van der Waals surface area contributed by atoms with Crippen LogP contribution in [-0.4, -0.2) is 0 Å². The van der Waals surface area contributed by atoms with Gasteiger partial charge in [-0.3, -0.25) is 0 Å². The Morgan fingerprint density at radius 1 is 0.519 bits per heavy atom. The summed E-state index contributed by atoms with van der Waals surface area (Å²) in [5.74, 6) is 1.77. The zero-order chi connectivity index (χ0) is 20.0. The molecule has 0 heterocycles. The van der Waals surface area contributed by atoms with Crippen molar-refractivity contribution in [1.82, 2.24) is 0 Å². The number of unbranched alkanes of at least 4 members (excludes halogenated alkanes) is 14. The normalized spacial score (nSPS) is 13.1. The number of rotatable bonds is 21. The third-order valence-electron chi connectivity index (χ3n) is 6.00. The first kappa shape index (κ1) is 26.7. The molecule has 0 aliphatic carbocycles. The monoisotopic (exact) mass is 376 g/mol. The minimum absolute atomic E-state index is 0.843. The molecule has 0 fully saturated rings. The smallest absolute Gasteiger partial charge is 0.0351 e. The molecule has 0 aliphatic rings. The predicted molar refractivity (Wildman–Crippen MR) is 126 cm³/mol. The van der Waals surface area contributed by atoms with E-state index >= 15 is 0 Å². The lowest BCUT2D eigenvalue weighted by atomic mass is 9.86. The van der Waals surface area contributed by atoms with Crippen LogP contribution in [0.5, 0.6) is 0 Å². The molecule has 0 saturated carbocycles. The van der Waals surface area contributed by atoms with Gasteiger partial charge in [0.25, 0.3) is 0 Å². The van der Waals surface area contributed by atoms with Crippen molar-refractivity contribution < 1.29 is 0 Å². The summed E-state index contributed by atoms with van der Waals surface area (Å²) in [6.07, 6.45) is 30.7. The number of hydrogen-bond acceptors (Lipinski definition) is 0. The summed E-state index contributed by atoms with van der Waals surface area (Å²) in [5.41, 5.74) is 0. The molecule has 27 heavy (non-hydrogen) atoms. The van der Waals surface area contributed by atoms with Gasteiger partial charge in [0, 0.05) is 0 Å². The maximum Gasteiger partial charge on any atom is -0.0351 e. The Morgan fingerprint density at radius 3 is 1.41 bits per heavy atom. The summed E-state index contributed by atoms with van der Waals surface area (Å²) in [5, 5.41) is 0. The first-order valence-corrected chi connectivity index (χ1v) is 12.5. The van der Waals surface area contributed by atoms with Crippen LogP contribution in [0.4, 0.5) is 0 Å². The van der Waals surface area contributed by atoms with Crippen LogP contribution in [0.1, 0.15) is 136 Å². The Bertz CT molecular complexity index is 288. The number of hydrogen-bond donors (Lipinski definition) is 0. The van der Waals surface area contributed by atoms with Crippen LogP contribution in [-0.2, 0) is 0 Å². The van der Waals surface area contributed by atoms with Gasteiger partial charge in [0.05, 0.1) is 0 Å². The Morgan fingerprint density at radius 2 is 0.926 bits per heavy atom. The third-order valence-corrected chi connectivity index (χ3v) is 6.00. The predicted octanol–water partition coefficient (Wildman–Crippen LogP) is 9.89. The molecule has 0 N–H and O–H groups in total. The molecule has 0 saturated heterocycles. The van der Waals surface area contributed by atoms with Gasteiger partial charge < -0.3 is 0 Å². The second kappa shape index (κ2) is 22.0. The summed E-state index contributed by atoms with van der Waals surface area (Å²) in [4.78, 5) is 0. The van der Waals surface area contributed by atoms with E-state index in [4.69, 9.17) is 0 Å². The quantitative estimate of drug-likeness (QED) is 0.138. The van der Waals surface area contributed by atoms with Crippen molar-refractivity contribution in [2.75, 3.05) is 0 Å². The first-order chi connectivity index (χ1) is 13.2. The summed E-state index contributed by atoms with van der Waals surface area (Å²) in [7, 11) is 0. The average Bonchev–Trinajstić information content (AvgIpc) is 2.66. The van der Waals surface area contributed by atoms with Crippen molar-refractivity contribution >= 4 is 0 Å². The van der Waals surface area contributed by atoms with Crippen LogP contribution >= 0.6 is 0 Å². The SMILES string of the molecule is [CH2]CCCCCCCCCCCC=CCCCCCC(CCC[CH2])C(C)C. The topological polar surface area (TPSA) is 0 Å². The van der Waals surface area contributed by atoms with Crippen LogP contribution in [0.25, 0.3) is 0 Å². The molecule has 0 aromatic rings. The second-order valence-electron chi connectivity index (χ2n) is 8.93. The van der Waals surface area contributed by atoms with E-state index < -0.39 is 0 Å². The van der Waals surface area contributed by atoms with Gasteiger partial charge in [0.15, 0.2) is 0 Å². The van der Waals surface area contributed by atoms with Crippen LogP contribution in [0.2, 0.25) is 0 Å². The summed E-state index contributed by atoms with van der Waals surface area (Å²) < 4.78 is 0. The lowest BCUT2D eigenvalue weighted by Gasteiger charge is -2.20. The van der Waals surface area contributed by atoms with E-state index in [9.17, 15) is 0 Å². The van der Waals surface area contributed by atoms with Crippen molar-refractivity contribution in [2.24, 2.45) is 11.8 Å². The molecule has 0 rings (SSSR count). The van der Waals surface area contributed by atoms with Gasteiger partial charge in [-0.05, 0) is 37.5 Å². The van der Waals surface area contributed by atoms with Crippen LogP contribution in [0, 0.1) is 25.7 Å². The van der Waals surface area contributed by atoms with Gasteiger partial charge >= 0.3 is 0 Å². The van der Waals surface area contributed by atoms with Gasteiger partial charge in [0.1, 0.15) is 0 Å². The molecule has 0 aliphatic heterocycles. The van der Waals surface area contributed by atoms with E-state index in [2.05, 4.69) is 39.8 Å². The zero-order valence-corrected chi connectivity index (χ0v) is 19.2. The Labute approximate surface area is 174 Å². The highest BCUT2D eigenvalue weighted by Crippen LogP contribution is 2.24.